The summed E-state index contributed by atoms with van der Waals surface area (Å²) in [6, 6.07) is 0. The Bertz CT molecular complexity index is 885. The molecule has 0 heterocycles. The minimum absolute atomic E-state index is 0. The number of hydrogen-bond acceptors (Lipinski definition) is 3. The van der Waals surface area contributed by atoms with Crippen LogP contribution in [0.25, 0.3) is 0 Å². The Balaban J connectivity index is 0. The van der Waals surface area contributed by atoms with Crippen LogP contribution in [0.5, 0.6) is 0 Å². The predicted molar refractivity (Wildman–Crippen MR) is 71.9 cm³/mol. The lowest BCUT2D eigenvalue weighted by Crippen LogP contribution is -2.76. The Morgan fingerprint density at radius 2 is 0.694 bits per heavy atom. The van der Waals surface area contributed by atoms with Gasteiger partial charge in [0.2, 0.25) is 6.17 Å². The first-order chi connectivity index (χ1) is 14.8. The van der Waals surface area contributed by atoms with Crippen molar-refractivity contribution in [1.29, 1.82) is 0 Å². The number of hydrogen-bond donors (Lipinski definition) is 2. The number of halogens is 20. The van der Waals surface area contributed by atoms with Gasteiger partial charge in [-0.05, 0) is 0 Å². The van der Waals surface area contributed by atoms with E-state index in [0.29, 0.717) is 0 Å². The zero-order valence-electron chi connectivity index (χ0n) is 15.7. The van der Waals surface area contributed by atoms with E-state index in [1.165, 1.54) is 0 Å². The lowest BCUT2D eigenvalue weighted by Gasteiger charge is -2.44. The maximum absolute atomic E-state index is 13.4. The van der Waals surface area contributed by atoms with E-state index in [1.54, 1.807) is 0 Å². The molecule has 0 aromatic carbocycles. The van der Waals surface area contributed by atoms with Crippen LogP contribution in [0.15, 0.2) is 0 Å². The van der Waals surface area contributed by atoms with E-state index in [0.717, 1.165) is 0 Å². The van der Waals surface area contributed by atoms with Gasteiger partial charge in [-0.15, -0.1) is 0 Å². The Hall–Kier alpha value is -1.53. The highest BCUT2D eigenvalue weighted by molar-refractivity contribution is 7.86. The molecule has 0 aromatic rings. The van der Waals surface area contributed by atoms with E-state index < -0.39 is 75.6 Å². The van der Waals surface area contributed by atoms with Crippen LogP contribution in [0.4, 0.5) is 87.8 Å². The summed E-state index contributed by atoms with van der Waals surface area (Å²) in [5.74, 6) is -69.3. The SMILES string of the molecule is N.O=S(=O)(O)C(F)C(F)(F)C(F)(F)C(F)(F)C(F)(F)C(F)(F)C(F)(F)C(F)(F)C(F)(F)C(F)C(F)F. The third-order valence-corrected chi connectivity index (χ3v) is 4.74. The molecule has 220 valence electrons. The van der Waals surface area contributed by atoms with Crippen molar-refractivity contribution in [1.82, 2.24) is 6.15 Å². The van der Waals surface area contributed by atoms with E-state index in [4.69, 9.17) is 4.55 Å². The topological polar surface area (TPSA) is 89.4 Å². The molecule has 0 rings (SSSR count). The van der Waals surface area contributed by atoms with E-state index in [2.05, 4.69) is 0 Å². The fraction of sp³-hybridized carbons (Fsp3) is 1.00. The molecule has 2 unspecified atom stereocenters. The molecule has 4 nitrogen and oxygen atoms in total. The molecular weight excluding hydrogens is 606 g/mol. The molecule has 0 aliphatic rings. The Morgan fingerprint density at radius 3 is 0.917 bits per heavy atom. The largest absolute Gasteiger partial charge is 0.385 e. The van der Waals surface area contributed by atoms with Crippen molar-refractivity contribution < 1.29 is 101 Å². The van der Waals surface area contributed by atoms with Crippen LogP contribution in [0.1, 0.15) is 0 Å². The molecule has 0 saturated carbocycles. The summed E-state index contributed by atoms with van der Waals surface area (Å²) in [6.45, 7) is 0. The van der Waals surface area contributed by atoms with Crippen molar-refractivity contribution in [2.45, 2.75) is 65.5 Å². The fourth-order valence-corrected chi connectivity index (χ4v) is 2.39. The molecular formula is C11H7F20NO3S. The Morgan fingerprint density at radius 1 is 0.472 bits per heavy atom. The van der Waals surface area contributed by atoms with Crippen LogP contribution in [0, 0.1) is 0 Å². The van der Waals surface area contributed by atoms with E-state index in [9.17, 15) is 96.2 Å². The second-order valence-electron chi connectivity index (χ2n) is 6.26. The van der Waals surface area contributed by atoms with Crippen LogP contribution in [0.3, 0.4) is 0 Å². The normalized spacial score (nSPS) is 17.6. The van der Waals surface area contributed by atoms with Crippen molar-refractivity contribution in [3.05, 3.63) is 0 Å². The second kappa shape index (κ2) is 9.34. The van der Waals surface area contributed by atoms with Crippen LogP contribution < -0.4 is 6.15 Å². The van der Waals surface area contributed by atoms with Crippen molar-refractivity contribution in [3.63, 3.8) is 0 Å². The minimum atomic E-state index is -9.13. The zero-order chi connectivity index (χ0) is 29.2. The Labute approximate surface area is 183 Å². The smallest absolute Gasteiger partial charge is 0.344 e. The van der Waals surface area contributed by atoms with Crippen molar-refractivity contribution in [3.8, 4) is 0 Å². The molecule has 0 aromatic heterocycles. The lowest BCUT2D eigenvalue weighted by atomic mass is 9.87. The average molecular weight is 613 g/mol. The third kappa shape index (κ3) is 4.62. The van der Waals surface area contributed by atoms with E-state index in [-0.39, 0.29) is 6.15 Å². The number of rotatable bonds is 11. The average Bonchev–Trinajstić information content (AvgIpc) is 2.64. The highest BCUT2D eigenvalue weighted by Gasteiger charge is 2.96. The maximum Gasteiger partial charge on any atom is 0.385 e. The van der Waals surface area contributed by atoms with Gasteiger partial charge < -0.3 is 6.15 Å². The lowest BCUT2D eigenvalue weighted by molar-refractivity contribution is -0.457. The van der Waals surface area contributed by atoms with Gasteiger partial charge in [-0.25, -0.2) is 17.6 Å². The van der Waals surface area contributed by atoms with Crippen molar-refractivity contribution >= 4 is 10.1 Å². The molecule has 0 spiro atoms. The van der Waals surface area contributed by atoms with Crippen LogP contribution in [-0.2, 0) is 10.1 Å². The van der Waals surface area contributed by atoms with Gasteiger partial charge in [-0.2, -0.15) is 78.7 Å². The van der Waals surface area contributed by atoms with E-state index >= 15 is 0 Å². The minimum Gasteiger partial charge on any atom is -0.344 e. The quantitative estimate of drug-likeness (QED) is 0.221. The van der Waals surface area contributed by atoms with Gasteiger partial charge in [0, 0.05) is 0 Å². The van der Waals surface area contributed by atoms with Crippen LogP contribution in [0.2, 0.25) is 0 Å². The first kappa shape index (κ1) is 36.6. The van der Waals surface area contributed by atoms with Gasteiger partial charge in [-0.1, -0.05) is 0 Å². The van der Waals surface area contributed by atoms with Gasteiger partial charge in [-0.3, -0.25) is 4.55 Å². The molecule has 0 aliphatic carbocycles. The molecule has 0 bridgehead atoms. The highest BCUT2D eigenvalue weighted by atomic mass is 32.2. The summed E-state index contributed by atoms with van der Waals surface area (Å²) in [4.78, 5) is 0. The summed E-state index contributed by atoms with van der Waals surface area (Å²) >= 11 is 0. The first-order valence-corrected chi connectivity index (χ1v) is 8.81. The van der Waals surface area contributed by atoms with Gasteiger partial charge in [0.1, 0.15) is 0 Å². The third-order valence-electron chi connectivity index (χ3n) is 3.92. The monoisotopic (exact) mass is 613 g/mol. The van der Waals surface area contributed by atoms with Gasteiger partial charge in [0.15, 0.2) is 0 Å². The molecule has 0 radical (unpaired) electrons. The molecule has 25 heteroatoms. The molecule has 36 heavy (non-hydrogen) atoms. The summed E-state index contributed by atoms with van der Waals surface area (Å²) in [5.41, 5.74) is -6.11. The van der Waals surface area contributed by atoms with Crippen molar-refractivity contribution in [2.75, 3.05) is 0 Å². The molecule has 2 atom stereocenters. The first-order valence-electron chi connectivity index (χ1n) is 7.31. The molecule has 0 amide bonds. The van der Waals surface area contributed by atoms with Gasteiger partial charge in [0.05, 0.1) is 0 Å². The second-order valence-corrected chi connectivity index (χ2v) is 7.70. The van der Waals surface area contributed by atoms with Gasteiger partial charge >= 0.3 is 57.5 Å². The predicted octanol–water partition coefficient (Wildman–Crippen LogP) is 6.02. The zero-order valence-corrected chi connectivity index (χ0v) is 16.5. The summed E-state index contributed by atoms with van der Waals surface area (Å²) < 4.78 is 289. The maximum atomic E-state index is 13.4. The fourth-order valence-electron chi connectivity index (χ4n) is 1.87. The molecule has 0 aliphatic heterocycles. The molecule has 0 saturated heterocycles. The van der Waals surface area contributed by atoms with Crippen LogP contribution >= 0.6 is 0 Å². The summed E-state index contributed by atoms with van der Waals surface area (Å²) in [5, 5.41) is 0. The molecule has 4 N–H and O–H groups in total. The molecule has 0 fully saturated rings. The van der Waals surface area contributed by atoms with Gasteiger partial charge in [0.25, 0.3) is 11.9 Å². The summed E-state index contributed by atoms with van der Waals surface area (Å²) in [7, 11) is -7.32. The Kier molecular flexibility index (Phi) is 9.50. The van der Waals surface area contributed by atoms with Crippen molar-refractivity contribution in [2.24, 2.45) is 0 Å². The standard InChI is InChI=1S/C11H4F20O3S.H3N/c12-1(2(13)14)4(16,17)6(20,21)8(24,25)10(28,29)11(30,31)9(26,27)7(22,23)5(18,19)3(15)35(32,33)34;/h1-3H,(H,32,33,34);1H3. The van der Waals surface area contributed by atoms with Crippen LogP contribution in [-0.4, -0.2) is 78.5 Å². The summed E-state index contributed by atoms with van der Waals surface area (Å²) in [6.07, 6.45) is -11.4. The van der Waals surface area contributed by atoms with E-state index in [1.807, 2.05) is 0 Å². The number of alkyl halides is 20. The highest BCUT2D eigenvalue weighted by Crippen LogP contribution is 2.64.